The van der Waals surface area contributed by atoms with E-state index in [1.165, 1.54) is 98.7 Å². The Morgan fingerprint density at radius 3 is 0.938 bits per heavy atom. The first kappa shape index (κ1) is 38.2. The van der Waals surface area contributed by atoms with Crippen molar-refractivity contribution in [1.82, 2.24) is 0 Å². The van der Waals surface area contributed by atoms with Crippen LogP contribution in [-0.4, -0.2) is 0 Å². The highest BCUT2D eigenvalue weighted by Gasteiger charge is 2.15. The quantitative estimate of drug-likeness (QED) is 0.138. The lowest BCUT2D eigenvalue weighted by atomic mass is 9.92. The van der Waals surface area contributed by atoms with Gasteiger partial charge >= 0.3 is 0 Å². The number of hydrogen-bond acceptors (Lipinski definition) is 1. The van der Waals surface area contributed by atoms with Crippen molar-refractivity contribution in [2.45, 2.75) is 0 Å². The van der Waals surface area contributed by atoms with Crippen LogP contribution in [0.5, 0.6) is 0 Å². The van der Waals surface area contributed by atoms with E-state index >= 15 is 0 Å². The maximum atomic E-state index is 2.36. The number of nitrogens with zero attached hydrogens (tertiary/aromatic N) is 1. The molecule has 0 spiro atoms. The van der Waals surface area contributed by atoms with Gasteiger partial charge in [-0.3, -0.25) is 0 Å². The monoisotopic (exact) mass is 825 g/mol. The molecule has 0 aliphatic heterocycles. The van der Waals surface area contributed by atoms with Gasteiger partial charge in [0.05, 0.1) is 0 Å². The molecule has 0 aromatic heterocycles. The van der Waals surface area contributed by atoms with Crippen LogP contribution in [0.15, 0.2) is 261 Å². The topological polar surface area (TPSA) is 3.24 Å². The molecule has 0 unspecified atom stereocenters. The average molecular weight is 826 g/mol. The fraction of sp³-hybridized carbons (Fsp3) is 0. The number of hydrogen-bond donors (Lipinski definition) is 0. The summed E-state index contributed by atoms with van der Waals surface area (Å²) in [6, 6.07) is 95.2. The van der Waals surface area contributed by atoms with E-state index in [9.17, 15) is 0 Å². The molecule has 12 aromatic rings. The summed E-state index contributed by atoms with van der Waals surface area (Å²) in [5.74, 6) is 0. The molecular formula is C64H43N. The molecule has 304 valence electrons. The van der Waals surface area contributed by atoms with Gasteiger partial charge in [-0.2, -0.15) is 0 Å². The summed E-state index contributed by atoms with van der Waals surface area (Å²) in [4.78, 5) is 2.36. The largest absolute Gasteiger partial charge is 0.311 e. The highest BCUT2D eigenvalue weighted by Crippen LogP contribution is 2.40. The van der Waals surface area contributed by atoms with Gasteiger partial charge in [-0.05, 0) is 153 Å². The van der Waals surface area contributed by atoms with Crippen molar-refractivity contribution in [2.75, 3.05) is 4.90 Å². The maximum Gasteiger partial charge on any atom is 0.0462 e. The molecule has 0 N–H and O–H groups in total. The summed E-state index contributed by atoms with van der Waals surface area (Å²) in [7, 11) is 0. The van der Waals surface area contributed by atoms with Gasteiger partial charge < -0.3 is 4.90 Å². The number of rotatable bonds is 8. The van der Waals surface area contributed by atoms with Crippen molar-refractivity contribution in [3.63, 3.8) is 0 Å². The molecule has 0 fully saturated rings. The Hall–Kier alpha value is -8.52. The van der Waals surface area contributed by atoms with Crippen molar-refractivity contribution in [1.29, 1.82) is 0 Å². The van der Waals surface area contributed by atoms with Crippen LogP contribution in [0.4, 0.5) is 17.1 Å². The van der Waals surface area contributed by atoms with Crippen LogP contribution in [0.25, 0.3) is 98.7 Å². The van der Waals surface area contributed by atoms with Crippen LogP contribution in [0.2, 0.25) is 0 Å². The van der Waals surface area contributed by atoms with Crippen molar-refractivity contribution in [3.8, 4) is 55.6 Å². The van der Waals surface area contributed by atoms with E-state index in [1.54, 1.807) is 0 Å². The Kier molecular flexibility index (Phi) is 9.58. The van der Waals surface area contributed by atoms with Crippen molar-refractivity contribution in [3.05, 3.63) is 261 Å². The van der Waals surface area contributed by atoms with Crippen molar-refractivity contribution >= 4 is 60.2 Å². The van der Waals surface area contributed by atoms with Gasteiger partial charge in [-0.1, -0.05) is 206 Å². The molecule has 0 heterocycles. The number of fused-ring (bicyclic) bond motifs is 5. The highest BCUT2D eigenvalue weighted by atomic mass is 15.1. The third kappa shape index (κ3) is 7.30. The molecule has 0 amide bonds. The van der Waals surface area contributed by atoms with Gasteiger partial charge in [0.25, 0.3) is 0 Å². The zero-order valence-electron chi connectivity index (χ0n) is 35.8. The summed E-state index contributed by atoms with van der Waals surface area (Å²) in [5.41, 5.74) is 15.4. The van der Waals surface area contributed by atoms with Gasteiger partial charge in [0, 0.05) is 17.1 Å². The summed E-state index contributed by atoms with van der Waals surface area (Å²) in [5, 5.41) is 10.1. The van der Waals surface area contributed by atoms with Crippen molar-refractivity contribution in [2.24, 2.45) is 0 Å². The minimum atomic E-state index is 1.10. The van der Waals surface area contributed by atoms with Crippen LogP contribution in [0.1, 0.15) is 0 Å². The van der Waals surface area contributed by atoms with E-state index in [0.29, 0.717) is 0 Å². The Balaban J connectivity index is 0.859. The van der Waals surface area contributed by atoms with Crippen LogP contribution < -0.4 is 4.90 Å². The zero-order valence-corrected chi connectivity index (χ0v) is 35.8. The molecule has 0 radical (unpaired) electrons. The molecule has 0 saturated heterocycles. The maximum absolute atomic E-state index is 2.36. The molecule has 1 nitrogen and oxygen atoms in total. The molecule has 0 atom stereocenters. The van der Waals surface area contributed by atoms with Gasteiger partial charge in [0.15, 0.2) is 0 Å². The molecule has 0 aliphatic carbocycles. The van der Waals surface area contributed by atoms with Crippen LogP contribution in [-0.2, 0) is 0 Å². The first-order chi connectivity index (χ1) is 32.2. The summed E-state index contributed by atoms with van der Waals surface area (Å²) in [6.45, 7) is 0. The highest BCUT2D eigenvalue weighted by molar-refractivity contribution is 6.13. The van der Waals surface area contributed by atoms with Crippen LogP contribution in [0.3, 0.4) is 0 Å². The van der Waals surface area contributed by atoms with E-state index in [1.807, 2.05) is 0 Å². The third-order valence-corrected chi connectivity index (χ3v) is 13.1. The van der Waals surface area contributed by atoms with E-state index in [2.05, 4.69) is 266 Å². The second-order valence-electron chi connectivity index (χ2n) is 16.9. The normalized spacial score (nSPS) is 11.4. The molecular weight excluding hydrogens is 783 g/mol. The van der Waals surface area contributed by atoms with Gasteiger partial charge in [0.2, 0.25) is 0 Å². The molecule has 1 heteroatoms. The lowest BCUT2D eigenvalue weighted by molar-refractivity contribution is 1.28. The SMILES string of the molecule is c1ccc2cc(-c3ccc(-c4ccc(N(c5ccc(-c6ccc(-c7cc8ccccc8c8ccccc78)cc6)cc5)c5ccc(-c6ccc7ccccc7c6)cc5)cc4)cc3)ccc2c1. The second kappa shape index (κ2) is 16.3. The third-order valence-electron chi connectivity index (χ3n) is 13.1. The molecule has 65 heavy (non-hydrogen) atoms. The molecule has 0 saturated carbocycles. The summed E-state index contributed by atoms with van der Waals surface area (Å²) in [6.07, 6.45) is 0. The lowest BCUT2D eigenvalue weighted by Gasteiger charge is -2.26. The van der Waals surface area contributed by atoms with Gasteiger partial charge in [0.1, 0.15) is 0 Å². The van der Waals surface area contributed by atoms with E-state index in [-0.39, 0.29) is 0 Å². The first-order valence-electron chi connectivity index (χ1n) is 22.4. The van der Waals surface area contributed by atoms with Gasteiger partial charge in [-0.15, -0.1) is 0 Å². The Morgan fingerprint density at radius 1 is 0.185 bits per heavy atom. The van der Waals surface area contributed by atoms with Gasteiger partial charge in [-0.25, -0.2) is 0 Å². The summed E-state index contributed by atoms with van der Waals surface area (Å²) < 4.78 is 0. The minimum Gasteiger partial charge on any atom is -0.311 e. The molecule has 12 aromatic carbocycles. The second-order valence-corrected chi connectivity index (χ2v) is 16.9. The average Bonchev–Trinajstić information content (AvgIpc) is 3.39. The molecule has 12 rings (SSSR count). The predicted molar refractivity (Wildman–Crippen MR) is 278 cm³/mol. The Labute approximate surface area is 379 Å². The Morgan fingerprint density at radius 2 is 0.492 bits per heavy atom. The van der Waals surface area contributed by atoms with E-state index in [4.69, 9.17) is 0 Å². The fourth-order valence-electron chi connectivity index (χ4n) is 9.58. The smallest absolute Gasteiger partial charge is 0.0462 e. The van der Waals surface area contributed by atoms with E-state index < -0.39 is 0 Å². The molecule has 0 bridgehead atoms. The van der Waals surface area contributed by atoms with Crippen LogP contribution in [0, 0.1) is 0 Å². The number of anilines is 3. The molecule has 0 aliphatic rings. The first-order valence-corrected chi connectivity index (χ1v) is 22.4. The summed E-state index contributed by atoms with van der Waals surface area (Å²) >= 11 is 0. The van der Waals surface area contributed by atoms with Crippen molar-refractivity contribution < 1.29 is 0 Å². The van der Waals surface area contributed by atoms with Crippen LogP contribution >= 0.6 is 0 Å². The number of benzene rings is 12. The predicted octanol–water partition coefficient (Wildman–Crippen LogP) is 18.1. The zero-order chi connectivity index (χ0) is 43.1. The minimum absolute atomic E-state index is 1.10. The lowest BCUT2D eigenvalue weighted by Crippen LogP contribution is -2.09. The Bertz CT molecular complexity index is 3660. The standard InChI is InChI=1S/C64H43N/c1-3-11-53-41-55(27-23-44(53)9-1)50-19-17-46(18-20-50)48-29-35-58(36-30-48)65(60-39-33-51(34-40-60)56-28-24-45-10-2-4-12-54(45)42-56)59-37-31-49(32-38-59)47-21-25-52(26-22-47)64-43-57-13-5-6-14-61(57)62-15-7-8-16-63(62)64/h1-43H. The fourth-order valence-corrected chi connectivity index (χ4v) is 9.58. The van der Waals surface area contributed by atoms with E-state index in [0.717, 1.165) is 17.1 Å².